The predicted molar refractivity (Wildman–Crippen MR) is 83.1 cm³/mol. The molecule has 1 aromatic rings. The van der Waals surface area contributed by atoms with Crippen LogP contribution in [0.4, 0.5) is 5.69 Å². The van der Waals surface area contributed by atoms with E-state index in [-0.39, 0.29) is 18.1 Å². The highest BCUT2D eigenvalue weighted by Gasteiger charge is 2.23. The molecule has 1 fully saturated rings. The van der Waals surface area contributed by atoms with Gasteiger partial charge in [0.2, 0.25) is 5.91 Å². The van der Waals surface area contributed by atoms with Gasteiger partial charge in [-0.2, -0.15) is 0 Å². The van der Waals surface area contributed by atoms with Crippen molar-refractivity contribution >= 4 is 23.2 Å². The molecule has 2 rings (SSSR count). The summed E-state index contributed by atoms with van der Waals surface area (Å²) in [4.78, 5) is 14.3. The van der Waals surface area contributed by atoms with Crippen LogP contribution in [-0.4, -0.2) is 49.8 Å². The van der Waals surface area contributed by atoms with E-state index >= 15 is 0 Å². The molecule has 2 atom stereocenters. The Hall–Kier alpha value is -1.30. The number of methoxy groups -OCH3 is 1. The minimum absolute atomic E-state index is 0.0862. The number of anilines is 1. The van der Waals surface area contributed by atoms with Gasteiger partial charge >= 0.3 is 0 Å². The lowest BCUT2D eigenvalue weighted by Gasteiger charge is -2.34. The van der Waals surface area contributed by atoms with Gasteiger partial charge in [0.1, 0.15) is 5.75 Å². The number of amides is 1. The summed E-state index contributed by atoms with van der Waals surface area (Å²) < 4.78 is 10.9. The SMILES string of the molecule is COc1ccc(Cl)cc1NC(=O)CN1C[C@H](C)O[C@@H](C)C1. The Balaban J connectivity index is 1.97. The van der Waals surface area contributed by atoms with E-state index in [1.165, 1.54) is 0 Å². The largest absolute Gasteiger partial charge is 0.495 e. The normalized spacial score (nSPS) is 22.9. The Morgan fingerprint density at radius 2 is 2.10 bits per heavy atom. The van der Waals surface area contributed by atoms with Crippen LogP contribution >= 0.6 is 11.6 Å². The zero-order chi connectivity index (χ0) is 15.4. The number of benzene rings is 1. The molecular formula is C15H21ClN2O3. The topological polar surface area (TPSA) is 50.8 Å². The third-order valence-corrected chi connectivity index (χ3v) is 3.53. The predicted octanol–water partition coefficient (Wildman–Crippen LogP) is 2.40. The number of hydrogen-bond donors (Lipinski definition) is 1. The molecule has 6 heteroatoms. The Morgan fingerprint density at radius 3 is 2.71 bits per heavy atom. The number of nitrogens with zero attached hydrogens (tertiary/aromatic N) is 1. The van der Waals surface area contributed by atoms with Crippen molar-refractivity contribution in [2.45, 2.75) is 26.1 Å². The van der Waals surface area contributed by atoms with Crippen molar-refractivity contribution in [3.63, 3.8) is 0 Å². The van der Waals surface area contributed by atoms with E-state index in [2.05, 4.69) is 10.2 Å². The maximum absolute atomic E-state index is 12.2. The van der Waals surface area contributed by atoms with Crippen LogP contribution in [0.15, 0.2) is 18.2 Å². The first kappa shape index (κ1) is 16.1. The first-order valence-corrected chi connectivity index (χ1v) is 7.37. The second-order valence-electron chi connectivity index (χ2n) is 5.34. The molecule has 116 valence electrons. The molecule has 0 unspecified atom stereocenters. The molecule has 0 aromatic heterocycles. The summed E-state index contributed by atoms with van der Waals surface area (Å²) in [6.45, 7) is 5.86. The Kier molecular flexibility index (Phi) is 5.45. The summed E-state index contributed by atoms with van der Waals surface area (Å²) in [5, 5.41) is 3.40. The highest BCUT2D eigenvalue weighted by Crippen LogP contribution is 2.27. The number of rotatable bonds is 4. The van der Waals surface area contributed by atoms with Crippen molar-refractivity contribution in [2.75, 3.05) is 32.1 Å². The summed E-state index contributed by atoms with van der Waals surface area (Å²) in [5.41, 5.74) is 0.587. The van der Waals surface area contributed by atoms with Crippen LogP contribution < -0.4 is 10.1 Å². The van der Waals surface area contributed by atoms with Gasteiger partial charge in [-0.3, -0.25) is 9.69 Å². The van der Waals surface area contributed by atoms with Crippen molar-refractivity contribution in [1.82, 2.24) is 4.90 Å². The summed E-state index contributed by atoms with van der Waals surface area (Å²) in [6.07, 6.45) is 0.282. The van der Waals surface area contributed by atoms with E-state index in [0.717, 1.165) is 13.1 Å². The van der Waals surface area contributed by atoms with Crippen LogP contribution in [0, 0.1) is 0 Å². The van der Waals surface area contributed by atoms with E-state index in [1.807, 2.05) is 13.8 Å². The van der Waals surface area contributed by atoms with Crippen LogP contribution in [0.5, 0.6) is 5.75 Å². The van der Waals surface area contributed by atoms with Gasteiger partial charge < -0.3 is 14.8 Å². The van der Waals surface area contributed by atoms with E-state index in [0.29, 0.717) is 23.0 Å². The van der Waals surface area contributed by atoms with E-state index in [1.54, 1.807) is 25.3 Å². The smallest absolute Gasteiger partial charge is 0.238 e. The van der Waals surface area contributed by atoms with Crippen molar-refractivity contribution in [3.05, 3.63) is 23.2 Å². The highest BCUT2D eigenvalue weighted by molar-refractivity contribution is 6.31. The van der Waals surface area contributed by atoms with E-state index in [4.69, 9.17) is 21.1 Å². The number of carbonyl (C=O) groups is 1. The molecule has 1 amide bonds. The quantitative estimate of drug-likeness (QED) is 0.927. The van der Waals surface area contributed by atoms with Crippen LogP contribution in [-0.2, 0) is 9.53 Å². The maximum Gasteiger partial charge on any atom is 0.238 e. The Morgan fingerprint density at radius 1 is 1.43 bits per heavy atom. The first-order valence-electron chi connectivity index (χ1n) is 6.99. The highest BCUT2D eigenvalue weighted by atomic mass is 35.5. The van der Waals surface area contributed by atoms with Gasteiger partial charge in [-0.05, 0) is 32.0 Å². The molecule has 1 aromatic carbocycles. The molecule has 1 saturated heterocycles. The Labute approximate surface area is 130 Å². The number of hydrogen-bond acceptors (Lipinski definition) is 4. The van der Waals surface area contributed by atoms with Gasteiger partial charge in [0, 0.05) is 18.1 Å². The molecule has 0 aliphatic carbocycles. The van der Waals surface area contributed by atoms with Gasteiger partial charge in [0.15, 0.2) is 0 Å². The lowest BCUT2D eigenvalue weighted by Crippen LogP contribution is -2.48. The fraction of sp³-hybridized carbons (Fsp3) is 0.533. The van der Waals surface area contributed by atoms with Crippen LogP contribution in [0.2, 0.25) is 5.02 Å². The van der Waals surface area contributed by atoms with Gasteiger partial charge in [-0.1, -0.05) is 11.6 Å². The average Bonchev–Trinajstić information content (AvgIpc) is 2.37. The Bertz CT molecular complexity index is 500. The minimum atomic E-state index is -0.0862. The molecule has 1 aliphatic heterocycles. The van der Waals surface area contributed by atoms with Crippen molar-refractivity contribution in [1.29, 1.82) is 0 Å². The van der Waals surface area contributed by atoms with Crippen molar-refractivity contribution in [2.24, 2.45) is 0 Å². The minimum Gasteiger partial charge on any atom is -0.495 e. The molecule has 0 bridgehead atoms. The average molecular weight is 313 g/mol. The van der Waals surface area contributed by atoms with Gasteiger partial charge in [-0.25, -0.2) is 0 Å². The maximum atomic E-state index is 12.2. The third-order valence-electron chi connectivity index (χ3n) is 3.30. The molecule has 1 heterocycles. The molecule has 0 radical (unpaired) electrons. The first-order chi connectivity index (χ1) is 9.97. The summed E-state index contributed by atoms with van der Waals surface area (Å²) in [6, 6.07) is 5.14. The molecule has 1 aliphatic rings. The lowest BCUT2D eigenvalue weighted by molar-refractivity contribution is -0.121. The van der Waals surface area contributed by atoms with Crippen LogP contribution in [0.25, 0.3) is 0 Å². The number of ether oxygens (including phenoxy) is 2. The molecule has 21 heavy (non-hydrogen) atoms. The standard InChI is InChI=1S/C15H21ClN2O3/c1-10-7-18(8-11(2)21-10)9-15(19)17-13-6-12(16)4-5-14(13)20-3/h4-6,10-11H,7-9H2,1-3H3,(H,17,19)/t10-,11-/m0/s1. The number of morpholine rings is 1. The monoisotopic (exact) mass is 312 g/mol. The van der Waals surface area contributed by atoms with E-state index < -0.39 is 0 Å². The second kappa shape index (κ2) is 7.11. The van der Waals surface area contributed by atoms with Gasteiger partial charge in [-0.15, -0.1) is 0 Å². The molecular weight excluding hydrogens is 292 g/mol. The fourth-order valence-corrected chi connectivity index (χ4v) is 2.76. The van der Waals surface area contributed by atoms with Gasteiger partial charge in [0.25, 0.3) is 0 Å². The van der Waals surface area contributed by atoms with Crippen LogP contribution in [0.1, 0.15) is 13.8 Å². The summed E-state index contributed by atoms with van der Waals surface area (Å²) in [5.74, 6) is 0.508. The third kappa shape index (κ3) is 4.59. The van der Waals surface area contributed by atoms with E-state index in [9.17, 15) is 4.79 Å². The molecule has 5 nitrogen and oxygen atoms in total. The number of carbonyl (C=O) groups excluding carboxylic acids is 1. The fourth-order valence-electron chi connectivity index (χ4n) is 2.58. The van der Waals surface area contributed by atoms with Crippen molar-refractivity contribution in [3.8, 4) is 5.75 Å². The van der Waals surface area contributed by atoms with Crippen molar-refractivity contribution < 1.29 is 14.3 Å². The second-order valence-corrected chi connectivity index (χ2v) is 5.78. The molecule has 0 saturated carbocycles. The molecule has 1 N–H and O–H groups in total. The number of nitrogens with one attached hydrogen (secondary N) is 1. The lowest BCUT2D eigenvalue weighted by atomic mass is 10.2. The summed E-state index contributed by atoms with van der Waals surface area (Å²) in [7, 11) is 1.56. The zero-order valence-electron chi connectivity index (χ0n) is 12.6. The van der Waals surface area contributed by atoms with Gasteiger partial charge in [0.05, 0.1) is 31.5 Å². The molecule has 0 spiro atoms. The zero-order valence-corrected chi connectivity index (χ0v) is 13.3. The van der Waals surface area contributed by atoms with Crippen LogP contribution in [0.3, 0.4) is 0 Å². The number of halogens is 1. The summed E-state index contributed by atoms with van der Waals surface area (Å²) >= 11 is 5.95.